The van der Waals surface area contributed by atoms with Gasteiger partial charge < -0.3 is 14.6 Å². The summed E-state index contributed by atoms with van der Waals surface area (Å²) < 4.78 is 5.82. The van der Waals surface area contributed by atoms with Crippen molar-refractivity contribution >= 4 is 44.6 Å². The first kappa shape index (κ1) is 31.9. The van der Waals surface area contributed by atoms with Crippen molar-refractivity contribution in [2.24, 2.45) is 0 Å². The molecule has 6 heteroatoms. The highest BCUT2D eigenvalue weighted by Crippen LogP contribution is 2.31. The molecule has 0 saturated heterocycles. The number of hydrogen-bond donors (Lipinski definition) is 2. The Bertz CT molecular complexity index is 2150. The summed E-state index contributed by atoms with van der Waals surface area (Å²) >= 11 is 0. The summed E-state index contributed by atoms with van der Waals surface area (Å²) in [5.74, 6) is -0.216. The summed E-state index contributed by atoms with van der Waals surface area (Å²) in [6.45, 7) is 1.45. The van der Waals surface area contributed by atoms with Gasteiger partial charge in [-0.3, -0.25) is 14.4 Å². The van der Waals surface area contributed by atoms with Crippen LogP contribution in [0.4, 0.5) is 0 Å². The number of rotatable bonds is 3. The van der Waals surface area contributed by atoms with E-state index in [1.807, 2.05) is 91.0 Å². The summed E-state index contributed by atoms with van der Waals surface area (Å²) in [5.41, 5.74) is 1.84. The van der Waals surface area contributed by atoms with Gasteiger partial charge in [0.2, 0.25) is 11.2 Å². The zero-order valence-corrected chi connectivity index (χ0v) is 23.8. The summed E-state index contributed by atoms with van der Waals surface area (Å²) in [7, 11) is 0. The van der Waals surface area contributed by atoms with Crippen molar-refractivity contribution in [1.82, 2.24) is 0 Å². The number of phenolic OH excluding ortho intramolecular Hbond substituents is 1. The fraction of sp³-hybridized carbons (Fsp3) is 0.0513. The molecule has 6 aromatic carbocycles. The average Bonchev–Trinajstić information content (AvgIpc) is 3.06. The van der Waals surface area contributed by atoms with Gasteiger partial charge in [0.1, 0.15) is 17.6 Å². The van der Waals surface area contributed by atoms with E-state index in [0.717, 1.165) is 33.4 Å². The van der Waals surface area contributed by atoms with Crippen LogP contribution in [0.3, 0.4) is 0 Å². The molecule has 7 aromatic rings. The molecule has 0 aliphatic rings. The van der Waals surface area contributed by atoms with E-state index < -0.39 is 5.43 Å². The van der Waals surface area contributed by atoms with Gasteiger partial charge in [-0.05, 0) is 52.7 Å². The summed E-state index contributed by atoms with van der Waals surface area (Å²) in [4.78, 5) is 33.6. The number of aromatic hydroxyl groups is 2. The van der Waals surface area contributed by atoms with Crippen molar-refractivity contribution in [2.45, 2.75) is 14.4 Å². The normalized spacial score (nSPS) is 10.2. The Morgan fingerprint density at radius 3 is 1.69 bits per heavy atom. The predicted molar refractivity (Wildman–Crippen MR) is 181 cm³/mol. The first-order valence-electron chi connectivity index (χ1n) is 13.8. The molecule has 0 amide bonds. The highest BCUT2D eigenvalue weighted by molar-refractivity contribution is 6.01. The fourth-order valence-electron chi connectivity index (χ4n) is 4.70. The van der Waals surface area contributed by atoms with E-state index in [1.165, 1.54) is 6.92 Å². The number of hydrogen-bond acceptors (Lipinski definition) is 6. The molecule has 0 radical (unpaired) electrons. The molecule has 0 aliphatic carbocycles. The number of carbonyl (C=O) groups is 2. The largest absolute Gasteiger partial charge is 0.507 e. The van der Waals surface area contributed by atoms with Gasteiger partial charge in [0.25, 0.3) is 0 Å². The third-order valence-electron chi connectivity index (χ3n) is 6.95. The average molecular weight is 597 g/mol. The molecule has 45 heavy (non-hydrogen) atoms. The minimum atomic E-state index is -0.411. The standard InChI is InChI=1S/C19H12O3.C12H10O2.C7H6O.CH4/c20-17-15-10-13-8-4-5-9-14(13)11-16(15)22-19(18(17)21)12-6-2-1-3-7-12;1-8(13)11-6-9-4-2-3-5-10(9)7-12(11)14;8-6-7-4-2-1-3-5-7;/h1-11,21H;2-7,14H,1H3;1-6H;1H4. The van der Waals surface area contributed by atoms with E-state index in [2.05, 4.69) is 0 Å². The Hall–Kier alpha value is -6.01. The summed E-state index contributed by atoms with van der Waals surface area (Å²) in [5, 5.41) is 24.0. The van der Waals surface area contributed by atoms with Crippen LogP contribution in [0.2, 0.25) is 0 Å². The van der Waals surface area contributed by atoms with Gasteiger partial charge >= 0.3 is 0 Å². The van der Waals surface area contributed by atoms with E-state index in [9.17, 15) is 24.6 Å². The van der Waals surface area contributed by atoms with Crippen LogP contribution in [0.25, 0.3) is 43.8 Å². The SMILES string of the molecule is C.CC(=O)c1cc2ccccc2cc1O.O=Cc1ccccc1.O=c1c(O)c(-c2ccccc2)oc2cc3ccccc3cc12. The van der Waals surface area contributed by atoms with Crippen LogP contribution < -0.4 is 5.43 Å². The molecule has 0 aliphatic heterocycles. The van der Waals surface area contributed by atoms with Crippen molar-refractivity contribution < 1.29 is 24.2 Å². The van der Waals surface area contributed by atoms with Crippen LogP contribution >= 0.6 is 0 Å². The molecule has 0 atom stereocenters. The van der Waals surface area contributed by atoms with Gasteiger partial charge in [-0.25, -0.2) is 0 Å². The fourth-order valence-corrected chi connectivity index (χ4v) is 4.70. The van der Waals surface area contributed by atoms with Crippen LogP contribution in [-0.4, -0.2) is 22.3 Å². The number of aldehydes is 1. The van der Waals surface area contributed by atoms with Crippen molar-refractivity contribution in [3.8, 4) is 22.8 Å². The van der Waals surface area contributed by atoms with Crippen molar-refractivity contribution in [2.75, 3.05) is 0 Å². The molecular weight excluding hydrogens is 564 g/mol. The molecule has 0 bridgehead atoms. The molecular formula is C39H32O6. The lowest BCUT2D eigenvalue weighted by Crippen LogP contribution is -2.02. The molecule has 0 fully saturated rings. The Morgan fingerprint density at radius 2 is 1.16 bits per heavy atom. The zero-order chi connectivity index (χ0) is 31.1. The van der Waals surface area contributed by atoms with Crippen LogP contribution in [0.15, 0.2) is 143 Å². The highest BCUT2D eigenvalue weighted by Gasteiger charge is 2.15. The van der Waals surface area contributed by atoms with Crippen LogP contribution in [0.5, 0.6) is 11.5 Å². The summed E-state index contributed by atoms with van der Waals surface area (Å²) in [6.07, 6.45) is 0.833. The Morgan fingerprint density at radius 1 is 0.667 bits per heavy atom. The smallest absolute Gasteiger partial charge is 0.235 e. The lowest BCUT2D eigenvalue weighted by atomic mass is 10.0. The third kappa shape index (κ3) is 7.32. The van der Waals surface area contributed by atoms with Crippen molar-refractivity contribution in [3.05, 3.63) is 155 Å². The number of ketones is 1. The van der Waals surface area contributed by atoms with Crippen molar-refractivity contribution in [3.63, 3.8) is 0 Å². The number of benzene rings is 6. The molecule has 2 N–H and O–H groups in total. The molecule has 224 valence electrons. The molecule has 0 spiro atoms. The third-order valence-corrected chi connectivity index (χ3v) is 6.95. The Labute approximate surface area is 260 Å². The molecule has 0 unspecified atom stereocenters. The Balaban J connectivity index is 0.000000172. The maximum absolute atomic E-state index is 12.5. The molecule has 6 nitrogen and oxygen atoms in total. The number of Topliss-reactive ketones (excluding diaryl/α,β-unsaturated/α-hetero) is 1. The van der Waals surface area contributed by atoms with Gasteiger partial charge in [0, 0.05) is 11.1 Å². The maximum Gasteiger partial charge on any atom is 0.235 e. The maximum atomic E-state index is 12.5. The zero-order valence-electron chi connectivity index (χ0n) is 23.8. The minimum absolute atomic E-state index is 0. The quantitative estimate of drug-likeness (QED) is 0.120. The second-order valence-electron chi connectivity index (χ2n) is 9.97. The van der Waals surface area contributed by atoms with E-state index in [-0.39, 0.29) is 30.5 Å². The van der Waals surface area contributed by atoms with E-state index >= 15 is 0 Å². The van der Waals surface area contributed by atoms with Crippen LogP contribution in [-0.2, 0) is 0 Å². The number of carbonyl (C=O) groups excluding carboxylic acids is 2. The monoisotopic (exact) mass is 596 g/mol. The minimum Gasteiger partial charge on any atom is -0.507 e. The van der Waals surface area contributed by atoms with Crippen molar-refractivity contribution in [1.29, 1.82) is 0 Å². The Kier molecular flexibility index (Phi) is 10.2. The predicted octanol–water partition coefficient (Wildman–Crippen LogP) is 9.20. The molecule has 1 aromatic heterocycles. The lowest BCUT2D eigenvalue weighted by Gasteiger charge is -2.07. The molecule has 7 rings (SSSR count). The van der Waals surface area contributed by atoms with Crippen LogP contribution in [0.1, 0.15) is 35.1 Å². The molecule has 0 saturated carbocycles. The van der Waals surface area contributed by atoms with E-state index in [0.29, 0.717) is 22.1 Å². The second-order valence-corrected chi connectivity index (χ2v) is 9.97. The second kappa shape index (κ2) is 14.4. The van der Waals surface area contributed by atoms with Gasteiger partial charge in [-0.15, -0.1) is 0 Å². The van der Waals surface area contributed by atoms with Gasteiger partial charge in [-0.2, -0.15) is 0 Å². The highest BCUT2D eigenvalue weighted by atomic mass is 16.4. The van der Waals surface area contributed by atoms with Gasteiger partial charge in [0.05, 0.1) is 10.9 Å². The van der Waals surface area contributed by atoms with Gasteiger partial charge in [-0.1, -0.05) is 117 Å². The summed E-state index contributed by atoms with van der Waals surface area (Å²) in [6, 6.07) is 40.5. The number of phenols is 1. The van der Waals surface area contributed by atoms with Gasteiger partial charge in [0.15, 0.2) is 11.5 Å². The first-order chi connectivity index (χ1) is 21.4. The van der Waals surface area contributed by atoms with E-state index in [1.54, 1.807) is 42.5 Å². The topological polar surface area (TPSA) is 105 Å². The lowest BCUT2D eigenvalue weighted by molar-refractivity contribution is 0.101. The van der Waals surface area contributed by atoms with Crippen LogP contribution in [0, 0.1) is 0 Å². The first-order valence-corrected chi connectivity index (χ1v) is 13.8. The molecule has 1 heterocycles. The van der Waals surface area contributed by atoms with E-state index in [4.69, 9.17) is 4.42 Å². The number of fused-ring (bicyclic) bond motifs is 3.